The van der Waals surface area contributed by atoms with Crippen molar-refractivity contribution in [1.82, 2.24) is 29.6 Å². The molecule has 1 aliphatic carbocycles. The summed E-state index contributed by atoms with van der Waals surface area (Å²) >= 11 is 0. The van der Waals surface area contributed by atoms with Gasteiger partial charge in [-0.05, 0) is 81.7 Å². The number of ether oxygens (including phenoxy) is 1. The van der Waals surface area contributed by atoms with Crippen molar-refractivity contribution in [2.24, 2.45) is 18.9 Å². The van der Waals surface area contributed by atoms with E-state index in [2.05, 4.69) is 50.3 Å². The molecule has 220 valence electrons. The molecule has 0 radical (unpaired) electrons. The van der Waals surface area contributed by atoms with Crippen LogP contribution < -0.4 is 20.3 Å². The Bertz CT molecular complexity index is 1660. The zero-order valence-electron chi connectivity index (χ0n) is 25.0. The zero-order chi connectivity index (χ0) is 29.0. The van der Waals surface area contributed by atoms with Crippen molar-refractivity contribution in [3.05, 3.63) is 47.3 Å². The van der Waals surface area contributed by atoms with Crippen LogP contribution in [0.4, 0.5) is 11.6 Å². The van der Waals surface area contributed by atoms with Gasteiger partial charge in [-0.15, -0.1) is 0 Å². The number of piperazine rings is 1. The second-order valence-corrected chi connectivity index (χ2v) is 12.3. The fraction of sp³-hybridized carbons (Fsp3) is 0.500. The first kappa shape index (κ1) is 26.9. The highest BCUT2D eigenvalue weighted by Crippen LogP contribution is 2.38. The van der Waals surface area contributed by atoms with Gasteiger partial charge in [-0.3, -0.25) is 15.1 Å². The highest BCUT2D eigenvalue weighted by molar-refractivity contribution is 6.05. The van der Waals surface area contributed by atoms with E-state index in [-0.39, 0.29) is 5.91 Å². The van der Waals surface area contributed by atoms with Crippen LogP contribution >= 0.6 is 0 Å². The number of nitrogens with zero attached hydrogens (tertiary/aromatic N) is 6. The third-order valence-corrected chi connectivity index (χ3v) is 9.26. The number of fused-ring (bicyclic) bond motifs is 9. The van der Waals surface area contributed by atoms with Crippen LogP contribution in [0.2, 0.25) is 0 Å². The molecule has 2 fully saturated rings. The molecular formula is C32H40N8O2. The summed E-state index contributed by atoms with van der Waals surface area (Å²) in [7, 11) is 1.90. The number of aryl methyl sites for hydroxylation is 3. The number of pyridine rings is 1. The smallest absolute Gasteiger partial charge is 0.258 e. The Hall–Kier alpha value is -3.92. The number of benzene rings is 1. The molecule has 4 aromatic rings. The molecule has 0 unspecified atom stereocenters. The monoisotopic (exact) mass is 568 g/mol. The van der Waals surface area contributed by atoms with E-state index in [0.29, 0.717) is 47.6 Å². The molecule has 1 aromatic carbocycles. The van der Waals surface area contributed by atoms with E-state index in [0.717, 1.165) is 79.8 Å². The molecule has 3 aromatic heterocycles. The lowest BCUT2D eigenvalue weighted by atomic mass is 10.1. The van der Waals surface area contributed by atoms with Crippen molar-refractivity contribution in [3.63, 3.8) is 0 Å². The van der Waals surface area contributed by atoms with Crippen molar-refractivity contribution in [3.8, 4) is 17.1 Å². The van der Waals surface area contributed by atoms with Crippen molar-refractivity contribution in [2.45, 2.75) is 59.0 Å². The van der Waals surface area contributed by atoms with Crippen LogP contribution in [0.5, 0.6) is 5.88 Å². The Morgan fingerprint density at radius 2 is 1.93 bits per heavy atom. The van der Waals surface area contributed by atoms with E-state index < -0.39 is 0 Å². The third kappa shape index (κ3) is 4.91. The summed E-state index contributed by atoms with van der Waals surface area (Å²) < 4.78 is 10.5. The van der Waals surface area contributed by atoms with Crippen LogP contribution in [0.3, 0.4) is 0 Å². The van der Waals surface area contributed by atoms with Crippen molar-refractivity contribution >= 4 is 28.6 Å². The van der Waals surface area contributed by atoms with Crippen LogP contribution in [0.1, 0.15) is 54.4 Å². The van der Waals surface area contributed by atoms with Crippen LogP contribution in [-0.4, -0.2) is 62.5 Å². The van der Waals surface area contributed by atoms with Gasteiger partial charge in [0.15, 0.2) is 0 Å². The molecule has 4 bridgehead atoms. The van der Waals surface area contributed by atoms with Gasteiger partial charge in [0.25, 0.3) is 5.91 Å². The maximum Gasteiger partial charge on any atom is 0.258 e. The van der Waals surface area contributed by atoms with E-state index in [1.807, 2.05) is 33.0 Å². The molecule has 42 heavy (non-hydrogen) atoms. The molecule has 5 heterocycles. The van der Waals surface area contributed by atoms with Crippen molar-refractivity contribution < 1.29 is 9.53 Å². The van der Waals surface area contributed by atoms with Gasteiger partial charge >= 0.3 is 0 Å². The van der Waals surface area contributed by atoms with Crippen molar-refractivity contribution in [1.29, 1.82) is 0 Å². The van der Waals surface area contributed by atoms with Gasteiger partial charge < -0.3 is 19.5 Å². The van der Waals surface area contributed by atoms with E-state index >= 15 is 0 Å². The second kappa shape index (κ2) is 10.7. The molecule has 7 rings (SSSR count). The van der Waals surface area contributed by atoms with Gasteiger partial charge in [0, 0.05) is 56.2 Å². The fourth-order valence-electron chi connectivity index (χ4n) is 7.07. The summed E-state index contributed by atoms with van der Waals surface area (Å²) in [6.45, 7) is 10.5. The summed E-state index contributed by atoms with van der Waals surface area (Å²) in [5, 5.41) is 11.4. The maximum atomic E-state index is 13.8. The molecule has 1 saturated carbocycles. The maximum absolute atomic E-state index is 13.8. The predicted molar refractivity (Wildman–Crippen MR) is 164 cm³/mol. The number of anilines is 2. The lowest BCUT2D eigenvalue weighted by Crippen LogP contribution is -2.50. The Kier molecular flexibility index (Phi) is 6.88. The summed E-state index contributed by atoms with van der Waals surface area (Å²) in [6, 6.07) is 10.7. The largest absolute Gasteiger partial charge is 0.477 e. The minimum absolute atomic E-state index is 0.199. The molecule has 1 amide bonds. The van der Waals surface area contributed by atoms with E-state index in [1.165, 1.54) is 5.69 Å². The normalized spacial score (nSPS) is 22.6. The zero-order valence-corrected chi connectivity index (χ0v) is 25.0. The number of carbonyl (C=O) groups excluding carboxylic acids is 1. The van der Waals surface area contributed by atoms with Crippen LogP contribution in [0.25, 0.3) is 22.3 Å². The number of amides is 1. The predicted octanol–water partition coefficient (Wildman–Crippen LogP) is 4.70. The van der Waals surface area contributed by atoms with Gasteiger partial charge in [-0.1, -0.05) is 6.92 Å². The van der Waals surface area contributed by atoms with Gasteiger partial charge in [0.05, 0.1) is 34.6 Å². The number of imidazole rings is 1. The van der Waals surface area contributed by atoms with Gasteiger partial charge in [-0.25, -0.2) is 9.67 Å². The van der Waals surface area contributed by atoms with Gasteiger partial charge in [0.2, 0.25) is 11.8 Å². The van der Waals surface area contributed by atoms with Crippen LogP contribution in [0, 0.1) is 25.7 Å². The lowest BCUT2D eigenvalue weighted by Gasteiger charge is -2.35. The quantitative estimate of drug-likeness (QED) is 0.362. The topological polar surface area (TPSA) is 102 Å². The number of nitrogens with one attached hydrogen (secondary N) is 2. The average molecular weight is 569 g/mol. The van der Waals surface area contributed by atoms with E-state index in [1.54, 1.807) is 4.68 Å². The Morgan fingerprint density at radius 3 is 2.79 bits per heavy atom. The molecule has 1 saturated heterocycles. The highest BCUT2D eigenvalue weighted by Gasteiger charge is 2.30. The van der Waals surface area contributed by atoms with E-state index in [9.17, 15) is 4.79 Å². The molecule has 2 aliphatic heterocycles. The van der Waals surface area contributed by atoms with E-state index in [4.69, 9.17) is 14.7 Å². The average Bonchev–Trinajstić information content (AvgIpc) is 3.65. The first-order chi connectivity index (χ1) is 20.4. The summed E-state index contributed by atoms with van der Waals surface area (Å²) in [5.41, 5.74) is 6.84. The molecule has 3 atom stereocenters. The van der Waals surface area contributed by atoms with Gasteiger partial charge in [0.1, 0.15) is 0 Å². The van der Waals surface area contributed by atoms with Crippen molar-refractivity contribution in [2.75, 3.05) is 36.5 Å². The molecule has 10 nitrogen and oxygen atoms in total. The Morgan fingerprint density at radius 1 is 1.07 bits per heavy atom. The van der Waals surface area contributed by atoms with Crippen LogP contribution in [-0.2, 0) is 13.6 Å². The lowest BCUT2D eigenvalue weighted by molar-refractivity contribution is 0.102. The third-order valence-electron chi connectivity index (χ3n) is 9.26. The molecular weight excluding hydrogens is 528 g/mol. The number of hydrogen-bond acceptors (Lipinski definition) is 7. The van der Waals surface area contributed by atoms with Gasteiger partial charge in [-0.2, -0.15) is 5.10 Å². The highest BCUT2D eigenvalue weighted by atomic mass is 16.5. The van der Waals surface area contributed by atoms with Crippen LogP contribution in [0.15, 0.2) is 30.3 Å². The molecule has 2 N–H and O–H groups in total. The number of hydrogen-bond donors (Lipinski definition) is 2. The minimum atomic E-state index is -0.199. The second-order valence-electron chi connectivity index (χ2n) is 12.3. The summed E-state index contributed by atoms with van der Waals surface area (Å²) in [5.74, 6) is 2.04. The Balaban J connectivity index is 1.31. The summed E-state index contributed by atoms with van der Waals surface area (Å²) in [6.07, 6.45) is 4.41. The molecule has 3 aliphatic rings. The first-order valence-corrected chi connectivity index (χ1v) is 15.3. The molecule has 0 spiro atoms. The first-order valence-electron chi connectivity index (χ1n) is 15.3. The molecule has 10 heteroatoms. The standard InChI is InChI=1S/C32H40N8O2/c1-5-24-17-39(11-10-33-24)25-8-9-26-28(15-25)40-16-21-6-7-22(13-21)18-42-31-29(20(3)37-38(31)4)27-14-23(12-19(2)34-27)30(41)36-32(40)35-26/h8-9,12,14-15,21-22,24,33H,5-7,10-11,13,16-18H2,1-4H3,(H,35,36,41)/t21-,22+,24+/m1/s1. The number of rotatable bonds is 2. The minimum Gasteiger partial charge on any atom is -0.477 e. The number of aromatic nitrogens is 5. The fourth-order valence-corrected chi connectivity index (χ4v) is 7.07. The number of carbonyl (C=O) groups is 1. The Labute approximate surface area is 246 Å². The summed E-state index contributed by atoms with van der Waals surface area (Å²) in [4.78, 5) is 26.0. The SMILES string of the molecule is CC[C@H]1CN(c2ccc3nc4n(c3c2)C[C@@H]2CC[C@H](COc3c(c(C)nn3C)-c3cc(cc(C)n3)C(=O)N4)C2)CCN1.